The third-order valence-electron chi connectivity index (χ3n) is 1.22. The van der Waals surface area contributed by atoms with Crippen molar-refractivity contribution in [2.24, 2.45) is 5.73 Å². The van der Waals surface area contributed by atoms with Crippen LogP contribution in [0.2, 0.25) is 0 Å². The van der Waals surface area contributed by atoms with E-state index in [-0.39, 0.29) is 18.8 Å². The second-order valence-corrected chi connectivity index (χ2v) is 2.26. The Labute approximate surface area is 81.6 Å². The standard InChI is InChI=1S/C7H11NO4.ClH/c8-5(7(11)12)3-1-2-4-6(9)10;/h2,4-5H,1,3,8H2,(H,9,10)(H,11,12);1H. The fourth-order valence-electron chi connectivity index (χ4n) is 0.583. The van der Waals surface area contributed by atoms with E-state index in [0.29, 0.717) is 6.42 Å². The number of carboxylic acid groups (broad SMARTS) is 2. The van der Waals surface area contributed by atoms with Crippen LogP contribution in [0.15, 0.2) is 12.2 Å². The van der Waals surface area contributed by atoms with Crippen LogP contribution in [0.1, 0.15) is 12.8 Å². The van der Waals surface area contributed by atoms with Gasteiger partial charge in [0.15, 0.2) is 0 Å². The summed E-state index contributed by atoms with van der Waals surface area (Å²) in [4.78, 5) is 20.1. The van der Waals surface area contributed by atoms with E-state index >= 15 is 0 Å². The SMILES string of the molecule is Cl.NC(CCC=CC(=O)O)C(=O)O. The van der Waals surface area contributed by atoms with Crippen molar-refractivity contribution in [3.63, 3.8) is 0 Å². The van der Waals surface area contributed by atoms with Crippen molar-refractivity contribution < 1.29 is 19.8 Å². The van der Waals surface area contributed by atoms with Crippen molar-refractivity contribution in [1.82, 2.24) is 0 Å². The van der Waals surface area contributed by atoms with Gasteiger partial charge in [0.1, 0.15) is 6.04 Å². The number of carboxylic acids is 2. The minimum absolute atomic E-state index is 0. The van der Waals surface area contributed by atoms with Crippen LogP contribution in [0.25, 0.3) is 0 Å². The molecular weight excluding hydrogens is 198 g/mol. The number of hydrogen-bond donors (Lipinski definition) is 3. The Morgan fingerprint density at radius 2 is 1.92 bits per heavy atom. The van der Waals surface area contributed by atoms with Crippen LogP contribution in [0.3, 0.4) is 0 Å². The average Bonchev–Trinajstić information content (AvgIpc) is 1.97. The summed E-state index contributed by atoms with van der Waals surface area (Å²) in [5.41, 5.74) is 5.15. The van der Waals surface area contributed by atoms with E-state index < -0.39 is 18.0 Å². The fraction of sp³-hybridized carbons (Fsp3) is 0.429. The Kier molecular flexibility index (Phi) is 8.42. The number of allylic oxidation sites excluding steroid dienone is 1. The van der Waals surface area contributed by atoms with E-state index in [0.717, 1.165) is 6.08 Å². The number of rotatable bonds is 5. The lowest BCUT2D eigenvalue weighted by Gasteiger charge is -2.01. The lowest BCUT2D eigenvalue weighted by atomic mass is 10.1. The molecule has 6 heteroatoms. The van der Waals surface area contributed by atoms with Gasteiger partial charge in [0.25, 0.3) is 0 Å². The first kappa shape index (κ1) is 14.5. The van der Waals surface area contributed by atoms with E-state index in [1.54, 1.807) is 0 Å². The largest absolute Gasteiger partial charge is 0.480 e. The first-order valence-electron chi connectivity index (χ1n) is 3.42. The van der Waals surface area contributed by atoms with Gasteiger partial charge >= 0.3 is 11.9 Å². The predicted molar refractivity (Wildman–Crippen MR) is 48.9 cm³/mol. The van der Waals surface area contributed by atoms with Gasteiger partial charge in [0.2, 0.25) is 0 Å². The Morgan fingerprint density at radius 3 is 2.31 bits per heavy atom. The normalized spacial score (nSPS) is 12.1. The maximum atomic E-state index is 10.2. The van der Waals surface area contributed by atoms with Gasteiger partial charge in [0.05, 0.1) is 0 Å². The molecule has 0 radical (unpaired) electrons. The maximum absolute atomic E-state index is 10.2. The molecule has 0 saturated carbocycles. The zero-order chi connectivity index (χ0) is 9.56. The van der Waals surface area contributed by atoms with Gasteiger partial charge < -0.3 is 15.9 Å². The average molecular weight is 210 g/mol. The van der Waals surface area contributed by atoms with Gasteiger partial charge in [-0.25, -0.2) is 4.79 Å². The monoisotopic (exact) mass is 209 g/mol. The molecule has 0 spiro atoms. The summed E-state index contributed by atoms with van der Waals surface area (Å²) in [7, 11) is 0. The summed E-state index contributed by atoms with van der Waals surface area (Å²) in [5, 5.41) is 16.5. The van der Waals surface area contributed by atoms with Crippen molar-refractivity contribution in [3.05, 3.63) is 12.2 Å². The van der Waals surface area contributed by atoms with Crippen LogP contribution in [0, 0.1) is 0 Å². The molecule has 0 aliphatic rings. The van der Waals surface area contributed by atoms with Crippen LogP contribution in [-0.2, 0) is 9.59 Å². The summed E-state index contributed by atoms with van der Waals surface area (Å²) >= 11 is 0. The second kappa shape index (κ2) is 7.57. The van der Waals surface area contributed by atoms with Gasteiger partial charge in [-0.15, -0.1) is 12.4 Å². The lowest BCUT2D eigenvalue weighted by Crippen LogP contribution is -2.29. The van der Waals surface area contributed by atoms with E-state index in [2.05, 4.69) is 0 Å². The molecule has 0 amide bonds. The maximum Gasteiger partial charge on any atom is 0.327 e. The highest BCUT2D eigenvalue weighted by molar-refractivity contribution is 5.85. The molecular formula is C7H12ClNO4. The molecule has 0 saturated heterocycles. The Bertz CT molecular complexity index is 205. The molecule has 5 nitrogen and oxygen atoms in total. The van der Waals surface area contributed by atoms with Crippen molar-refractivity contribution in [3.8, 4) is 0 Å². The van der Waals surface area contributed by atoms with E-state index in [4.69, 9.17) is 15.9 Å². The summed E-state index contributed by atoms with van der Waals surface area (Å²) in [5.74, 6) is -2.11. The highest BCUT2D eigenvalue weighted by atomic mass is 35.5. The molecule has 4 N–H and O–H groups in total. The van der Waals surface area contributed by atoms with Gasteiger partial charge in [-0.1, -0.05) is 6.08 Å². The fourth-order valence-corrected chi connectivity index (χ4v) is 0.583. The molecule has 0 aliphatic carbocycles. The van der Waals surface area contributed by atoms with Crippen LogP contribution < -0.4 is 5.73 Å². The molecule has 13 heavy (non-hydrogen) atoms. The van der Waals surface area contributed by atoms with Crippen molar-refractivity contribution >= 4 is 24.3 Å². The molecule has 0 aromatic rings. The molecule has 1 unspecified atom stereocenters. The zero-order valence-electron chi connectivity index (χ0n) is 6.84. The molecule has 0 heterocycles. The van der Waals surface area contributed by atoms with Gasteiger partial charge in [-0.05, 0) is 12.8 Å². The molecule has 0 aliphatic heterocycles. The lowest BCUT2D eigenvalue weighted by molar-refractivity contribution is -0.138. The Morgan fingerprint density at radius 1 is 1.38 bits per heavy atom. The van der Waals surface area contributed by atoms with E-state index in [1.165, 1.54) is 6.08 Å². The molecule has 0 aromatic carbocycles. The van der Waals surface area contributed by atoms with Gasteiger partial charge in [-0.3, -0.25) is 4.79 Å². The first-order valence-corrected chi connectivity index (χ1v) is 3.42. The predicted octanol–water partition coefficient (Wildman–Crippen LogP) is 0.241. The summed E-state index contributed by atoms with van der Waals surface area (Å²) in [6.07, 6.45) is 2.96. The van der Waals surface area contributed by atoms with Crippen molar-refractivity contribution in [2.75, 3.05) is 0 Å². The number of halogens is 1. The molecule has 0 rings (SSSR count). The molecule has 0 bridgehead atoms. The van der Waals surface area contributed by atoms with E-state index in [9.17, 15) is 9.59 Å². The third-order valence-corrected chi connectivity index (χ3v) is 1.22. The van der Waals surface area contributed by atoms with Crippen molar-refractivity contribution in [1.29, 1.82) is 0 Å². The quantitative estimate of drug-likeness (QED) is 0.563. The van der Waals surface area contributed by atoms with Crippen molar-refractivity contribution in [2.45, 2.75) is 18.9 Å². The highest BCUT2D eigenvalue weighted by Crippen LogP contribution is 1.95. The molecule has 1 atom stereocenters. The van der Waals surface area contributed by atoms with Crippen LogP contribution in [-0.4, -0.2) is 28.2 Å². The smallest absolute Gasteiger partial charge is 0.327 e. The van der Waals surface area contributed by atoms with E-state index in [1.807, 2.05) is 0 Å². The molecule has 0 aromatic heterocycles. The number of hydrogen-bond acceptors (Lipinski definition) is 3. The number of nitrogens with two attached hydrogens (primary N) is 1. The number of aliphatic carboxylic acids is 2. The first-order chi connectivity index (χ1) is 5.54. The third kappa shape index (κ3) is 8.84. The highest BCUT2D eigenvalue weighted by Gasteiger charge is 2.08. The van der Waals surface area contributed by atoms with Crippen LogP contribution in [0.4, 0.5) is 0 Å². The minimum atomic E-state index is -1.07. The topological polar surface area (TPSA) is 101 Å². The Hall–Kier alpha value is -1.07. The molecule has 76 valence electrons. The zero-order valence-corrected chi connectivity index (χ0v) is 7.66. The summed E-state index contributed by atoms with van der Waals surface area (Å²) < 4.78 is 0. The van der Waals surface area contributed by atoms with Crippen LogP contribution >= 0.6 is 12.4 Å². The summed E-state index contributed by atoms with van der Waals surface area (Å²) in [6.45, 7) is 0. The van der Waals surface area contributed by atoms with Gasteiger partial charge in [0, 0.05) is 6.08 Å². The second-order valence-electron chi connectivity index (χ2n) is 2.26. The Balaban J connectivity index is 0. The van der Waals surface area contributed by atoms with Gasteiger partial charge in [-0.2, -0.15) is 0 Å². The minimum Gasteiger partial charge on any atom is -0.480 e. The summed E-state index contributed by atoms with van der Waals surface area (Å²) in [6, 6.07) is -0.913. The van der Waals surface area contributed by atoms with Crippen LogP contribution in [0.5, 0.6) is 0 Å². The number of carbonyl (C=O) groups is 2. The molecule has 0 fully saturated rings.